The van der Waals surface area contributed by atoms with E-state index in [-0.39, 0.29) is 0 Å². The number of hydrogen-bond acceptors (Lipinski definition) is 3. The van der Waals surface area contributed by atoms with Gasteiger partial charge < -0.3 is 5.32 Å². The Bertz CT molecular complexity index is 443. The molecule has 1 saturated carbocycles. The lowest BCUT2D eigenvalue weighted by atomic mass is 9.94. The number of thiophene rings is 1. The largest absolute Gasteiger partial charge is 0.311 e. The smallest absolute Gasteiger partial charge is 0.0332 e. The van der Waals surface area contributed by atoms with Gasteiger partial charge in [-0.15, -0.1) is 11.3 Å². The summed E-state index contributed by atoms with van der Waals surface area (Å²) in [6.45, 7) is 8.22. The van der Waals surface area contributed by atoms with Crippen molar-refractivity contribution in [3.63, 3.8) is 0 Å². The number of halogens is 1. The molecule has 0 bridgehead atoms. The zero-order chi connectivity index (χ0) is 14.1. The van der Waals surface area contributed by atoms with Crippen LogP contribution in [0.15, 0.2) is 15.9 Å². The van der Waals surface area contributed by atoms with Crippen molar-refractivity contribution in [2.75, 3.05) is 13.1 Å². The summed E-state index contributed by atoms with van der Waals surface area (Å²) in [6, 6.07) is 3.71. The van der Waals surface area contributed by atoms with Crippen LogP contribution in [0.25, 0.3) is 0 Å². The second-order valence-corrected chi connectivity index (χ2v) is 8.38. The molecule has 0 radical (unpaired) electrons. The first-order valence-corrected chi connectivity index (χ1v) is 9.55. The van der Waals surface area contributed by atoms with Gasteiger partial charge in [-0.1, -0.05) is 20.3 Å². The molecular formula is C16H25BrN2S. The van der Waals surface area contributed by atoms with E-state index in [1.165, 1.54) is 41.7 Å². The fourth-order valence-corrected chi connectivity index (χ4v) is 4.76. The van der Waals surface area contributed by atoms with Gasteiger partial charge in [-0.05, 0) is 46.7 Å². The molecule has 0 aromatic carbocycles. The van der Waals surface area contributed by atoms with E-state index < -0.39 is 0 Å². The molecule has 1 saturated heterocycles. The highest BCUT2D eigenvalue weighted by Gasteiger charge is 2.39. The Kier molecular flexibility index (Phi) is 4.86. The van der Waals surface area contributed by atoms with Gasteiger partial charge in [0.2, 0.25) is 0 Å². The molecule has 20 heavy (non-hydrogen) atoms. The predicted octanol–water partition coefficient (Wildman–Crippen LogP) is 4.11. The van der Waals surface area contributed by atoms with Gasteiger partial charge in [0.25, 0.3) is 0 Å². The van der Waals surface area contributed by atoms with E-state index >= 15 is 0 Å². The van der Waals surface area contributed by atoms with E-state index in [0.29, 0.717) is 6.04 Å². The molecule has 112 valence electrons. The highest BCUT2D eigenvalue weighted by molar-refractivity contribution is 9.10. The highest BCUT2D eigenvalue weighted by atomic mass is 79.9. The molecule has 2 nitrogen and oxygen atoms in total. The van der Waals surface area contributed by atoms with Gasteiger partial charge >= 0.3 is 0 Å². The summed E-state index contributed by atoms with van der Waals surface area (Å²) in [6.07, 6.45) is 4.14. The molecule has 1 aromatic rings. The van der Waals surface area contributed by atoms with Crippen LogP contribution in [-0.2, 0) is 6.54 Å². The Morgan fingerprint density at radius 3 is 2.90 bits per heavy atom. The summed E-state index contributed by atoms with van der Waals surface area (Å²) in [5, 5.41) is 6.02. The Labute approximate surface area is 135 Å². The second kappa shape index (κ2) is 6.47. The van der Waals surface area contributed by atoms with Crippen LogP contribution in [0.3, 0.4) is 0 Å². The molecule has 0 spiro atoms. The number of piperazine rings is 1. The van der Waals surface area contributed by atoms with Crippen molar-refractivity contribution >= 4 is 27.3 Å². The molecule has 2 fully saturated rings. The van der Waals surface area contributed by atoms with E-state index in [1.54, 1.807) is 0 Å². The van der Waals surface area contributed by atoms with Crippen LogP contribution < -0.4 is 5.32 Å². The van der Waals surface area contributed by atoms with Gasteiger partial charge in [0.15, 0.2) is 0 Å². The van der Waals surface area contributed by atoms with Crippen molar-refractivity contribution in [2.45, 2.75) is 51.7 Å². The van der Waals surface area contributed by atoms with E-state index in [1.807, 2.05) is 11.3 Å². The lowest BCUT2D eigenvalue weighted by Crippen LogP contribution is -2.58. The van der Waals surface area contributed by atoms with Crippen molar-refractivity contribution < 1.29 is 0 Å². The molecule has 1 N–H and O–H groups in total. The third-order valence-electron chi connectivity index (χ3n) is 4.97. The van der Waals surface area contributed by atoms with Crippen molar-refractivity contribution in [1.29, 1.82) is 0 Å². The molecule has 2 aliphatic rings. The average molecular weight is 357 g/mol. The molecule has 3 rings (SSSR count). The van der Waals surface area contributed by atoms with Crippen LogP contribution in [0.4, 0.5) is 0 Å². The maximum absolute atomic E-state index is 3.81. The number of nitrogens with zero attached hydrogens (tertiary/aromatic N) is 1. The van der Waals surface area contributed by atoms with Crippen LogP contribution in [0, 0.1) is 11.8 Å². The van der Waals surface area contributed by atoms with Gasteiger partial charge in [-0.2, -0.15) is 0 Å². The number of hydrogen-bond donors (Lipinski definition) is 1. The molecular weight excluding hydrogens is 332 g/mol. The molecule has 1 aliphatic heterocycles. The maximum atomic E-state index is 3.81. The minimum atomic E-state index is 0.665. The van der Waals surface area contributed by atoms with Crippen molar-refractivity contribution in [1.82, 2.24) is 10.2 Å². The van der Waals surface area contributed by atoms with E-state index in [9.17, 15) is 0 Å². The van der Waals surface area contributed by atoms with Gasteiger partial charge in [-0.25, -0.2) is 0 Å². The molecule has 1 aliphatic carbocycles. The van der Waals surface area contributed by atoms with Crippen molar-refractivity contribution in [2.24, 2.45) is 11.8 Å². The summed E-state index contributed by atoms with van der Waals surface area (Å²) in [7, 11) is 0. The van der Waals surface area contributed by atoms with E-state index in [4.69, 9.17) is 0 Å². The minimum absolute atomic E-state index is 0.665. The molecule has 3 unspecified atom stereocenters. The summed E-state index contributed by atoms with van der Waals surface area (Å²) >= 11 is 5.46. The van der Waals surface area contributed by atoms with Crippen LogP contribution >= 0.6 is 27.3 Å². The number of nitrogens with one attached hydrogen (secondary N) is 1. The Morgan fingerprint density at radius 1 is 1.50 bits per heavy atom. The lowest BCUT2D eigenvalue weighted by Gasteiger charge is -2.42. The summed E-state index contributed by atoms with van der Waals surface area (Å²) < 4.78 is 1.23. The van der Waals surface area contributed by atoms with Gasteiger partial charge in [0, 0.05) is 46.4 Å². The maximum Gasteiger partial charge on any atom is 0.0332 e. The van der Waals surface area contributed by atoms with Crippen LogP contribution in [0.5, 0.6) is 0 Å². The predicted molar refractivity (Wildman–Crippen MR) is 90.2 cm³/mol. The third-order valence-corrected chi connectivity index (χ3v) is 6.65. The first-order valence-electron chi connectivity index (χ1n) is 7.87. The zero-order valence-corrected chi connectivity index (χ0v) is 14.8. The van der Waals surface area contributed by atoms with Crippen LogP contribution in [0.2, 0.25) is 0 Å². The Hall–Kier alpha value is 0.1000. The topological polar surface area (TPSA) is 15.3 Å². The standard InChI is InChI=1S/C16H25BrN2S/c1-3-11(2)15-9-19(8-14-6-13(17)10-20-14)16(7-18-15)12-4-5-12/h6,10-12,15-16,18H,3-5,7-9H2,1-2H3. The molecule has 2 heterocycles. The Morgan fingerprint density at radius 2 is 2.30 bits per heavy atom. The van der Waals surface area contributed by atoms with Crippen LogP contribution in [-0.4, -0.2) is 30.1 Å². The van der Waals surface area contributed by atoms with Crippen molar-refractivity contribution in [3.8, 4) is 0 Å². The summed E-state index contributed by atoms with van der Waals surface area (Å²) in [5.41, 5.74) is 0. The first kappa shape index (κ1) is 15.0. The highest BCUT2D eigenvalue weighted by Crippen LogP contribution is 2.37. The van der Waals surface area contributed by atoms with Crippen molar-refractivity contribution in [3.05, 3.63) is 20.8 Å². The molecule has 4 heteroatoms. The first-order chi connectivity index (χ1) is 9.67. The summed E-state index contributed by atoms with van der Waals surface area (Å²) in [5.74, 6) is 1.72. The van der Waals surface area contributed by atoms with E-state index in [2.05, 4.69) is 51.4 Å². The Balaban J connectivity index is 1.68. The zero-order valence-electron chi connectivity index (χ0n) is 12.4. The fourth-order valence-electron chi connectivity index (χ4n) is 3.28. The van der Waals surface area contributed by atoms with Crippen LogP contribution in [0.1, 0.15) is 38.0 Å². The van der Waals surface area contributed by atoms with E-state index in [0.717, 1.165) is 24.4 Å². The fraction of sp³-hybridized carbons (Fsp3) is 0.750. The molecule has 0 amide bonds. The van der Waals surface area contributed by atoms with Gasteiger partial charge in [0.1, 0.15) is 0 Å². The minimum Gasteiger partial charge on any atom is -0.311 e. The number of rotatable bonds is 5. The summed E-state index contributed by atoms with van der Waals surface area (Å²) in [4.78, 5) is 4.25. The second-order valence-electron chi connectivity index (χ2n) is 6.47. The van der Waals surface area contributed by atoms with Gasteiger partial charge in [0.05, 0.1) is 0 Å². The normalized spacial score (nSPS) is 29.6. The molecule has 3 atom stereocenters. The third kappa shape index (κ3) is 3.46. The SMILES string of the molecule is CCC(C)C1CN(Cc2cc(Br)cs2)C(C2CC2)CN1. The average Bonchev–Trinajstić information content (AvgIpc) is 3.21. The van der Waals surface area contributed by atoms with Gasteiger partial charge in [-0.3, -0.25) is 4.90 Å². The monoisotopic (exact) mass is 356 g/mol. The lowest BCUT2D eigenvalue weighted by molar-refractivity contribution is 0.0901. The molecule has 1 aromatic heterocycles. The quantitative estimate of drug-likeness (QED) is 0.853.